The zero-order valence-electron chi connectivity index (χ0n) is 9.74. The fourth-order valence-corrected chi connectivity index (χ4v) is 1.88. The number of rotatable bonds is 2. The van der Waals surface area contributed by atoms with Crippen molar-refractivity contribution in [1.29, 1.82) is 0 Å². The largest absolute Gasteiger partial charge is 0.206 e. The maximum absolute atomic E-state index is 13.9. The van der Waals surface area contributed by atoms with Crippen LogP contribution >= 0.6 is 0 Å². The molecule has 1 aromatic carbocycles. The van der Waals surface area contributed by atoms with Crippen molar-refractivity contribution in [2.24, 2.45) is 0 Å². The summed E-state index contributed by atoms with van der Waals surface area (Å²) in [5.74, 6) is 0.302. The van der Waals surface area contributed by atoms with Crippen molar-refractivity contribution in [3.05, 3.63) is 34.1 Å². The average Bonchev–Trinajstić information content (AvgIpc) is 2.15. The molecule has 0 fully saturated rings. The van der Waals surface area contributed by atoms with Crippen molar-refractivity contribution in [3.63, 3.8) is 0 Å². The number of halogens is 1. The number of benzene rings is 1. The van der Waals surface area contributed by atoms with E-state index in [2.05, 4.69) is 13.8 Å². The van der Waals surface area contributed by atoms with Crippen LogP contribution in [0.4, 0.5) is 4.39 Å². The third-order valence-corrected chi connectivity index (χ3v) is 3.12. The number of hydrogen-bond acceptors (Lipinski definition) is 0. The summed E-state index contributed by atoms with van der Waals surface area (Å²) in [6.07, 6.45) is 0.987. The molecule has 1 unspecified atom stereocenters. The summed E-state index contributed by atoms with van der Waals surface area (Å²) in [5, 5.41) is 0. The molecule has 0 spiro atoms. The van der Waals surface area contributed by atoms with E-state index in [9.17, 15) is 4.39 Å². The third kappa shape index (κ3) is 1.82. The predicted octanol–water partition coefficient (Wildman–Crippen LogP) is 4.26. The molecule has 0 amide bonds. The maximum atomic E-state index is 13.9. The van der Waals surface area contributed by atoms with E-state index in [0.29, 0.717) is 5.92 Å². The summed E-state index contributed by atoms with van der Waals surface area (Å²) in [6.45, 7) is 10.1. The normalized spacial score (nSPS) is 13.0. The van der Waals surface area contributed by atoms with Gasteiger partial charge >= 0.3 is 0 Å². The fourth-order valence-electron chi connectivity index (χ4n) is 1.88. The third-order valence-electron chi connectivity index (χ3n) is 3.12. The minimum absolute atomic E-state index is 0.0116. The van der Waals surface area contributed by atoms with Crippen LogP contribution in [-0.2, 0) is 0 Å². The van der Waals surface area contributed by atoms with Crippen LogP contribution in [0.15, 0.2) is 6.07 Å². The maximum Gasteiger partial charge on any atom is 0.129 e. The van der Waals surface area contributed by atoms with E-state index in [0.717, 1.165) is 23.1 Å². The van der Waals surface area contributed by atoms with E-state index in [-0.39, 0.29) is 5.82 Å². The second-order valence-electron chi connectivity index (χ2n) is 4.17. The highest BCUT2D eigenvalue weighted by Crippen LogP contribution is 2.29. The van der Waals surface area contributed by atoms with E-state index in [1.165, 1.54) is 5.56 Å². The highest BCUT2D eigenvalue weighted by atomic mass is 19.1. The first kappa shape index (κ1) is 11.2. The Morgan fingerprint density at radius 3 is 2.29 bits per heavy atom. The highest BCUT2D eigenvalue weighted by molar-refractivity contribution is 5.40. The van der Waals surface area contributed by atoms with E-state index in [1.54, 1.807) is 0 Å². The van der Waals surface area contributed by atoms with E-state index < -0.39 is 0 Å². The van der Waals surface area contributed by atoms with Gasteiger partial charge in [-0.15, -0.1) is 0 Å². The van der Waals surface area contributed by atoms with Crippen LogP contribution in [0.3, 0.4) is 0 Å². The van der Waals surface area contributed by atoms with Crippen LogP contribution in [0.1, 0.15) is 48.4 Å². The molecule has 14 heavy (non-hydrogen) atoms. The van der Waals surface area contributed by atoms with Gasteiger partial charge in [0.05, 0.1) is 0 Å². The molecule has 0 bridgehead atoms. The molecule has 0 aliphatic carbocycles. The molecule has 78 valence electrons. The highest BCUT2D eigenvalue weighted by Gasteiger charge is 2.15. The molecule has 0 saturated carbocycles. The predicted molar refractivity (Wildman–Crippen MR) is 59.3 cm³/mol. The van der Waals surface area contributed by atoms with Gasteiger partial charge in [0, 0.05) is 0 Å². The Labute approximate surface area is 86.2 Å². The smallest absolute Gasteiger partial charge is 0.129 e. The Hall–Kier alpha value is -0.850. The van der Waals surface area contributed by atoms with Crippen molar-refractivity contribution < 1.29 is 4.39 Å². The van der Waals surface area contributed by atoms with Gasteiger partial charge in [-0.2, -0.15) is 0 Å². The average molecular weight is 194 g/mol. The molecule has 1 aromatic rings. The second kappa shape index (κ2) is 4.12. The minimum Gasteiger partial charge on any atom is -0.206 e. The zero-order chi connectivity index (χ0) is 10.9. The molecule has 0 radical (unpaired) electrons. The lowest BCUT2D eigenvalue weighted by molar-refractivity contribution is 0.572. The Morgan fingerprint density at radius 2 is 1.79 bits per heavy atom. The quantitative estimate of drug-likeness (QED) is 0.659. The summed E-state index contributed by atoms with van der Waals surface area (Å²) in [4.78, 5) is 0. The van der Waals surface area contributed by atoms with Crippen molar-refractivity contribution in [2.75, 3.05) is 0 Å². The van der Waals surface area contributed by atoms with Crippen LogP contribution in [0.5, 0.6) is 0 Å². The molecule has 1 atom stereocenters. The summed E-state index contributed by atoms with van der Waals surface area (Å²) in [5.41, 5.74) is 3.98. The van der Waals surface area contributed by atoms with Crippen LogP contribution in [-0.4, -0.2) is 0 Å². The molecule has 0 aliphatic rings. The van der Waals surface area contributed by atoms with E-state index >= 15 is 0 Å². The van der Waals surface area contributed by atoms with Crippen molar-refractivity contribution >= 4 is 0 Å². The Morgan fingerprint density at radius 1 is 1.21 bits per heavy atom. The molecule has 0 nitrogen and oxygen atoms in total. The van der Waals surface area contributed by atoms with Crippen molar-refractivity contribution in [3.8, 4) is 0 Å². The molecule has 0 saturated heterocycles. The second-order valence-corrected chi connectivity index (χ2v) is 4.17. The van der Waals surface area contributed by atoms with E-state index in [1.807, 2.05) is 26.8 Å². The lowest BCUT2D eigenvalue weighted by Gasteiger charge is -2.17. The first-order chi connectivity index (χ1) is 6.49. The van der Waals surface area contributed by atoms with E-state index in [4.69, 9.17) is 0 Å². The van der Waals surface area contributed by atoms with Gasteiger partial charge in [0.15, 0.2) is 0 Å². The van der Waals surface area contributed by atoms with Gasteiger partial charge in [-0.25, -0.2) is 4.39 Å². The lowest BCUT2D eigenvalue weighted by Crippen LogP contribution is -2.03. The Balaban J connectivity index is 3.39. The summed E-state index contributed by atoms with van der Waals surface area (Å²) < 4.78 is 13.9. The van der Waals surface area contributed by atoms with Gasteiger partial charge in [-0.3, -0.25) is 0 Å². The van der Waals surface area contributed by atoms with Crippen LogP contribution in [0.2, 0.25) is 0 Å². The Kier molecular flexibility index (Phi) is 3.30. The molecule has 0 aliphatic heterocycles. The van der Waals surface area contributed by atoms with Gasteiger partial charge in [0.1, 0.15) is 5.82 Å². The summed E-state index contributed by atoms with van der Waals surface area (Å²) in [7, 11) is 0. The molecule has 1 heteroatoms. The van der Waals surface area contributed by atoms with Gasteiger partial charge < -0.3 is 0 Å². The lowest BCUT2D eigenvalue weighted by atomic mass is 9.89. The van der Waals surface area contributed by atoms with Gasteiger partial charge in [-0.05, 0) is 55.4 Å². The molecule has 0 aromatic heterocycles. The fraction of sp³-hybridized carbons (Fsp3) is 0.538. The topological polar surface area (TPSA) is 0 Å². The van der Waals surface area contributed by atoms with Gasteiger partial charge in [0.2, 0.25) is 0 Å². The first-order valence-corrected chi connectivity index (χ1v) is 5.25. The molecular weight excluding hydrogens is 175 g/mol. The first-order valence-electron chi connectivity index (χ1n) is 5.25. The monoisotopic (exact) mass is 194 g/mol. The standard InChI is InChI=1S/C13H19F/c1-6-8(2)12-11(5)9(3)7-10(4)13(12)14/h7-8H,6H2,1-5H3. The summed E-state index contributed by atoms with van der Waals surface area (Å²) >= 11 is 0. The van der Waals surface area contributed by atoms with Crippen molar-refractivity contribution in [2.45, 2.75) is 47.0 Å². The molecular formula is C13H19F. The summed E-state index contributed by atoms with van der Waals surface area (Å²) in [6, 6.07) is 1.93. The zero-order valence-corrected chi connectivity index (χ0v) is 9.74. The van der Waals surface area contributed by atoms with Gasteiger partial charge in [-0.1, -0.05) is 19.9 Å². The SMILES string of the molecule is CCC(C)c1c(C)c(C)cc(C)c1F. The number of aryl methyl sites for hydroxylation is 2. The number of hydrogen-bond donors (Lipinski definition) is 0. The van der Waals surface area contributed by atoms with Crippen molar-refractivity contribution in [1.82, 2.24) is 0 Å². The van der Waals surface area contributed by atoms with Crippen LogP contribution in [0, 0.1) is 26.6 Å². The molecule has 0 heterocycles. The molecule has 0 N–H and O–H groups in total. The van der Waals surface area contributed by atoms with Gasteiger partial charge in [0.25, 0.3) is 0 Å². The van der Waals surface area contributed by atoms with Crippen LogP contribution < -0.4 is 0 Å². The van der Waals surface area contributed by atoms with Crippen LogP contribution in [0.25, 0.3) is 0 Å². The Bertz CT molecular complexity index is 313. The minimum atomic E-state index is -0.0116. The molecule has 1 rings (SSSR count).